The lowest BCUT2D eigenvalue weighted by Gasteiger charge is -2.05. The van der Waals surface area contributed by atoms with E-state index in [1.165, 1.54) is 12.1 Å². The van der Waals surface area contributed by atoms with Gasteiger partial charge >= 0.3 is 10.2 Å². The first-order valence-corrected chi connectivity index (χ1v) is 7.86. The number of nitrogens with one attached hydrogen (secondary N) is 2. The van der Waals surface area contributed by atoms with E-state index >= 15 is 0 Å². The summed E-state index contributed by atoms with van der Waals surface area (Å²) < 4.78 is 27.6. The van der Waals surface area contributed by atoms with E-state index in [4.69, 9.17) is 0 Å². The summed E-state index contributed by atoms with van der Waals surface area (Å²) in [7, 11) is -3.46. The predicted octanol–water partition coefficient (Wildman–Crippen LogP) is 1.97. The number of hydrogen-bond donors (Lipinski definition) is 4. The fourth-order valence-corrected chi connectivity index (χ4v) is 3.23. The Morgan fingerprint density at radius 3 is 2.14 bits per heavy atom. The first-order valence-electron chi connectivity index (χ1n) is 6.37. The number of phenolic OH excluding ortho intramolecular Hbond substituents is 2. The molecule has 1 heterocycles. The van der Waals surface area contributed by atoms with E-state index in [2.05, 4.69) is 9.44 Å². The summed E-state index contributed by atoms with van der Waals surface area (Å²) in [6, 6.07) is 10.1. The summed E-state index contributed by atoms with van der Waals surface area (Å²) in [4.78, 5) is 0. The molecule has 2 aromatic rings. The molecule has 0 spiro atoms. The zero-order chi connectivity index (χ0) is 15.0. The van der Waals surface area contributed by atoms with Crippen LogP contribution in [-0.2, 0) is 23.1 Å². The van der Waals surface area contributed by atoms with Crippen molar-refractivity contribution in [2.75, 3.05) is 9.44 Å². The number of rotatable bonds is 3. The summed E-state index contributed by atoms with van der Waals surface area (Å²) >= 11 is 0. The van der Waals surface area contributed by atoms with E-state index in [0.29, 0.717) is 24.2 Å². The third kappa shape index (κ3) is 2.87. The van der Waals surface area contributed by atoms with Crippen molar-refractivity contribution >= 4 is 21.6 Å². The second-order valence-electron chi connectivity index (χ2n) is 4.91. The Bertz CT molecular complexity index is 803. The molecule has 1 aliphatic heterocycles. The highest BCUT2D eigenvalue weighted by Crippen LogP contribution is 2.31. The third-order valence-corrected chi connectivity index (χ3v) is 4.29. The van der Waals surface area contributed by atoms with Crippen LogP contribution in [0.1, 0.15) is 11.1 Å². The molecule has 0 aromatic heterocycles. The van der Waals surface area contributed by atoms with Crippen molar-refractivity contribution in [2.45, 2.75) is 12.8 Å². The second-order valence-corrected chi connectivity index (χ2v) is 6.33. The Labute approximate surface area is 122 Å². The quantitative estimate of drug-likeness (QED) is 0.651. The average Bonchev–Trinajstić information content (AvgIpc) is 2.73. The molecule has 0 bridgehead atoms. The maximum Gasteiger partial charge on any atom is 0.321 e. The van der Waals surface area contributed by atoms with Crippen molar-refractivity contribution in [1.82, 2.24) is 0 Å². The van der Waals surface area contributed by atoms with Crippen LogP contribution in [0.15, 0.2) is 36.4 Å². The molecule has 0 saturated heterocycles. The van der Waals surface area contributed by atoms with E-state index in [0.717, 1.165) is 11.1 Å². The number of fused-ring (bicyclic) bond motifs is 1. The summed E-state index contributed by atoms with van der Waals surface area (Å²) in [6.45, 7) is 0. The van der Waals surface area contributed by atoms with Crippen LogP contribution in [0.4, 0.5) is 11.4 Å². The van der Waals surface area contributed by atoms with Gasteiger partial charge in [-0.25, -0.2) is 0 Å². The number of benzene rings is 2. The molecule has 4 N–H and O–H groups in total. The van der Waals surface area contributed by atoms with Crippen molar-refractivity contribution in [1.29, 1.82) is 0 Å². The van der Waals surface area contributed by atoms with E-state index in [1.807, 2.05) is 6.07 Å². The molecule has 0 amide bonds. The van der Waals surface area contributed by atoms with Gasteiger partial charge in [-0.1, -0.05) is 12.1 Å². The molecule has 2 aromatic carbocycles. The summed E-state index contributed by atoms with van der Waals surface area (Å²) in [5.74, 6) is -0.282. The van der Waals surface area contributed by atoms with Crippen LogP contribution in [0.2, 0.25) is 0 Å². The van der Waals surface area contributed by atoms with Crippen molar-refractivity contribution in [3.63, 3.8) is 0 Å². The van der Waals surface area contributed by atoms with Gasteiger partial charge in [0.2, 0.25) is 0 Å². The normalized spacial score (nSPS) is 15.0. The zero-order valence-corrected chi connectivity index (χ0v) is 11.8. The largest absolute Gasteiger partial charge is 0.504 e. The molecule has 21 heavy (non-hydrogen) atoms. The molecule has 0 atom stereocenters. The minimum absolute atomic E-state index is 0.140. The van der Waals surface area contributed by atoms with Gasteiger partial charge in [0.05, 0.1) is 11.4 Å². The minimum atomic E-state index is -3.46. The first-order chi connectivity index (χ1) is 9.93. The van der Waals surface area contributed by atoms with Crippen molar-refractivity contribution in [2.24, 2.45) is 0 Å². The van der Waals surface area contributed by atoms with E-state index in [-0.39, 0.29) is 11.5 Å². The van der Waals surface area contributed by atoms with Crippen LogP contribution in [0.25, 0.3) is 0 Å². The SMILES string of the molecule is O=S1(=O)Nc2ccc(CCc3ccc(O)c(O)c3)cc2N1. The van der Waals surface area contributed by atoms with Crippen molar-refractivity contribution < 1.29 is 18.6 Å². The van der Waals surface area contributed by atoms with Gasteiger partial charge < -0.3 is 10.2 Å². The molecular formula is C14H14N2O4S. The molecule has 0 radical (unpaired) electrons. The van der Waals surface area contributed by atoms with Gasteiger partial charge in [-0.15, -0.1) is 0 Å². The molecule has 0 saturated carbocycles. The molecule has 1 aliphatic rings. The molecule has 7 heteroatoms. The van der Waals surface area contributed by atoms with Crippen LogP contribution in [-0.4, -0.2) is 18.6 Å². The smallest absolute Gasteiger partial charge is 0.321 e. The molecule has 110 valence electrons. The Morgan fingerprint density at radius 2 is 1.43 bits per heavy atom. The van der Waals surface area contributed by atoms with Crippen LogP contribution >= 0.6 is 0 Å². The highest BCUT2D eigenvalue weighted by molar-refractivity contribution is 7.94. The summed E-state index contributed by atoms with van der Waals surface area (Å²) in [5.41, 5.74) is 2.96. The van der Waals surface area contributed by atoms with Gasteiger partial charge in [0.15, 0.2) is 11.5 Å². The second kappa shape index (κ2) is 4.85. The Morgan fingerprint density at radius 1 is 0.810 bits per heavy atom. The minimum Gasteiger partial charge on any atom is -0.504 e. The monoisotopic (exact) mass is 306 g/mol. The molecule has 6 nitrogen and oxygen atoms in total. The predicted molar refractivity (Wildman–Crippen MR) is 79.8 cm³/mol. The molecule has 0 aliphatic carbocycles. The van der Waals surface area contributed by atoms with Crippen LogP contribution in [0.5, 0.6) is 11.5 Å². The maximum absolute atomic E-state index is 11.4. The highest BCUT2D eigenvalue weighted by Gasteiger charge is 2.21. The highest BCUT2D eigenvalue weighted by atomic mass is 32.2. The average molecular weight is 306 g/mol. The molecular weight excluding hydrogens is 292 g/mol. The van der Waals surface area contributed by atoms with Crippen LogP contribution < -0.4 is 9.44 Å². The molecule has 0 fully saturated rings. The maximum atomic E-state index is 11.4. The standard InChI is InChI=1S/C14H14N2O4S/c17-13-6-4-10(8-14(13)18)2-1-9-3-5-11-12(7-9)16-21(19,20)15-11/h3-8,15-18H,1-2H2. The molecule has 0 unspecified atom stereocenters. The van der Waals surface area contributed by atoms with Gasteiger partial charge in [-0.2, -0.15) is 8.42 Å². The fourth-order valence-electron chi connectivity index (χ4n) is 2.25. The van der Waals surface area contributed by atoms with Gasteiger partial charge in [0, 0.05) is 0 Å². The van der Waals surface area contributed by atoms with Crippen molar-refractivity contribution in [3.8, 4) is 11.5 Å². The van der Waals surface area contributed by atoms with E-state index in [1.54, 1.807) is 18.2 Å². The number of aryl methyl sites for hydroxylation is 2. The number of phenols is 2. The first kappa shape index (κ1) is 13.6. The summed E-state index contributed by atoms with van der Waals surface area (Å²) in [6.07, 6.45) is 1.37. The Hall–Kier alpha value is -2.41. The van der Waals surface area contributed by atoms with Crippen molar-refractivity contribution in [3.05, 3.63) is 47.5 Å². The van der Waals surface area contributed by atoms with Gasteiger partial charge in [-0.3, -0.25) is 9.44 Å². The van der Waals surface area contributed by atoms with Gasteiger partial charge in [-0.05, 0) is 48.2 Å². The number of aromatic hydroxyl groups is 2. The summed E-state index contributed by atoms with van der Waals surface area (Å²) in [5, 5.41) is 18.7. The van der Waals surface area contributed by atoms with Gasteiger partial charge in [0.1, 0.15) is 0 Å². The van der Waals surface area contributed by atoms with Crippen LogP contribution in [0.3, 0.4) is 0 Å². The zero-order valence-electron chi connectivity index (χ0n) is 11.0. The molecule has 3 rings (SSSR count). The topological polar surface area (TPSA) is 98.7 Å². The van der Waals surface area contributed by atoms with Gasteiger partial charge in [0.25, 0.3) is 0 Å². The van der Waals surface area contributed by atoms with E-state index in [9.17, 15) is 18.6 Å². The third-order valence-electron chi connectivity index (χ3n) is 3.31. The lowest BCUT2D eigenvalue weighted by atomic mass is 10.0. The Balaban J connectivity index is 1.73. The Kier molecular flexibility index (Phi) is 3.13. The number of anilines is 2. The lowest BCUT2D eigenvalue weighted by molar-refractivity contribution is 0.403. The fraction of sp³-hybridized carbons (Fsp3) is 0.143. The lowest BCUT2D eigenvalue weighted by Crippen LogP contribution is -2.12. The van der Waals surface area contributed by atoms with E-state index < -0.39 is 10.2 Å². The van der Waals surface area contributed by atoms with Crippen LogP contribution in [0, 0.1) is 0 Å². The number of hydrogen-bond acceptors (Lipinski definition) is 4.